The van der Waals surface area contributed by atoms with Crippen molar-refractivity contribution >= 4 is 55.8 Å². The molecule has 0 fully saturated rings. The van der Waals surface area contributed by atoms with Crippen molar-refractivity contribution in [1.82, 2.24) is 15.0 Å². The number of esters is 1. The molecule has 2 N–H and O–H groups in total. The Hall–Kier alpha value is -4.15. The van der Waals surface area contributed by atoms with Gasteiger partial charge in [-0.3, -0.25) is 4.98 Å². The third kappa shape index (κ3) is 5.65. The maximum atomic E-state index is 11.9. The number of hydrogen-bond acceptors (Lipinski definition) is 8. The van der Waals surface area contributed by atoms with Gasteiger partial charge in [-0.05, 0) is 48.9 Å². The van der Waals surface area contributed by atoms with Crippen LogP contribution in [0.4, 0.5) is 17.3 Å². The van der Waals surface area contributed by atoms with Crippen molar-refractivity contribution in [1.29, 1.82) is 0 Å². The lowest BCUT2D eigenvalue weighted by molar-refractivity contribution is 0.0526. The predicted octanol–water partition coefficient (Wildman–Crippen LogP) is 6.05. The molecule has 0 radical (unpaired) electrons. The fourth-order valence-electron chi connectivity index (χ4n) is 3.77. The van der Waals surface area contributed by atoms with Crippen LogP contribution in [0.5, 0.6) is 0 Å². The monoisotopic (exact) mass is 529 g/mol. The molecule has 1 unspecified atom stereocenters. The highest BCUT2D eigenvalue weighted by molar-refractivity contribution is 7.85. The molecule has 5 aromatic rings. The Morgan fingerprint density at radius 2 is 1.84 bits per heavy atom. The number of aromatic nitrogens is 3. The number of rotatable bonds is 8. The highest BCUT2D eigenvalue weighted by Gasteiger charge is 2.12. The molecular weight excluding hydrogens is 506 g/mol. The van der Waals surface area contributed by atoms with Crippen LogP contribution in [0.2, 0.25) is 0 Å². The van der Waals surface area contributed by atoms with Gasteiger partial charge in [-0.1, -0.05) is 24.3 Å². The zero-order chi connectivity index (χ0) is 25.8. The van der Waals surface area contributed by atoms with Crippen molar-refractivity contribution < 1.29 is 13.7 Å². The number of carbonyl (C=O) groups excluding carboxylic acids is 1. The van der Waals surface area contributed by atoms with E-state index >= 15 is 0 Å². The second-order valence-electron chi connectivity index (χ2n) is 8.05. The number of anilines is 3. The van der Waals surface area contributed by atoms with Crippen LogP contribution in [0.1, 0.15) is 17.3 Å². The number of thiophene rings is 1. The van der Waals surface area contributed by atoms with Crippen LogP contribution in [0, 0.1) is 0 Å². The van der Waals surface area contributed by atoms with Gasteiger partial charge in [0.05, 0.1) is 46.2 Å². The molecule has 0 aliphatic rings. The first-order valence-electron chi connectivity index (χ1n) is 11.5. The lowest BCUT2D eigenvalue weighted by Crippen LogP contribution is -2.04. The largest absolute Gasteiger partial charge is 0.462 e. The summed E-state index contributed by atoms with van der Waals surface area (Å²) < 4.78 is 20.5. The number of benzene rings is 2. The minimum absolute atomic E-state index is 0.339. The van der Waals surface area contributed by atoms with Crippen molar-refractivity contribution in [2.45, 2.75) is 6.92 Å². The van der Waals surface area contributed by atoms with E-state index in [4.69, 9.17) is 9.72 Å². The highest BCUT2D eigenvalue weighted by atomic mass is 32.2. The maximum absolute atomic E-state index is 11.9. The third-order valence-corrected chi connectivity index (χ3v) is 6.89. The van der Waals surface area contributed by atoms with Crippen LogP contribution >= 0.6 is 11.3 Å². The SMILES string of the molecule is CCOC(=O)c1ccc(-c2ccc(Nc3ncc4scc(-c5cccc(NS(C)=O)c5)c4n3)cn2)cc1. The van der Waals surface area contributed by atoms with Crippen LogP contribution in [-0.4, -0.2) is 38.0 Å². The van der Waals surface area contributed by atoms with E-state index in [9.17, 15) is 9.00 Å². The van der Waals surface area contributed by atoms with Crippen LogP contribution in [0.3, 0.4) is 0 Å². The summed E-state index contributed by atoms with van der Waals surface area (Å²) in [6, 6.07) is 18.7. The molecule has 5 rings (SSSR count). The zero-order valence-corrected chi connectivity index (χ0v) is 21.7. The number of fused-ring (bicyclic) bond motifs is 1. The molecule has 8 nitrogen and oxygen atoms in total. The molecule has 2 aromatic carbocycles. The Morgan fingerprint density at radius 1 is 1.00 bits per heavy atom. The Bertz CT molecular complexity index is 1580. The van der Waals surface area contributed by atoms with Crippen LogP contribution in [0.25, 0.3) is 32.6 Å². The van der Waals surface area contributed by atoms with E-state index in [1.54, 1.807) is 49.0 Å². The zero-order valence-electron chi connectivity index (χ0n) is 20.1. The molecule has 0 amide bonds. The predicted molar refractivity (Wildman–Crippen MR) is 149 cm³/mol. The molecule has 3 heterocycles. The fraction of sp³-hybridized carbons (Fsp3) is 0.111. The summed E-state index contributed by atoms with van der Waals surface area (Å²) >= 11 is 1.57. The number of hydrogen-bond donors (Lipinski definition) is 2. The van der Waals surface area contributed by atoms with E-state index in [0.717, 1.165) is 44.0 Å². The van der Waals surface area contributed by atoms with Gasteiger partial charge in [0.25, 0.3) is 0 Å². The average molecular weight is 530 g/mol. The lowest BCUT2D eigenvalue weighted by Gasteiger charge is -2.08. The van der Waals surface area contributed by atoms with Crippen molar-refractivity contribution in [2.75, 3.05) is 22.9 Å². The van der Waals surface area contributed by atoms with E-state index in [-0.39, 0.29) is 5.97 Å². The minimum atomic E-state index is -1.15. The summed E-state index contributed by atoms with van der Waals surface area (Å²) in [4.78, 5) is 25.6. The Labute approximate surface area is 220 Å². The maximum Gasteiger partial charge on any atom is 0.338 e. The number of carbonyl (C=O) groups is 1. The number of ether oxygens (including phenoxy) is 1. The summed E-state index contributed by atoms with van der Waals surface area (Å²) in [7, 11) is -1.15. The quantitative estimate of drug-likeness (QED) is 0.236. The molecule has 0 aliphatic carbocycles. The first kappa shape index (κ1) is 24.5. The van der Waals surface area contributed by atoms with Gasteiger partial charge < -0.3 is 14.8 Å². The number of nitrogens with zero attached hydrogens (tertiary/aromatic N) is 3. The standard InChI is InChI=1S/C27H23N5O3S2/c1-3-35-26(33)18-9-7-17(8-10-18)23-12-11-21(14-28-23)30-27-29-15-24-25(31-27)22(16-36-24)19-5-4-6-20(13-19)32-37(2)34/h4-16,32H,3H2,1-2H3,(H,29,30,31). The molecule has 37 heavy (non-hydrogen) atoms. The summed E-state index contributed by atoms with van der Waals surface area (Å²) in [6.07, 6.45) is 5.12. The first-order chi connectivity index (χ1) is 18.0. The van der Waals surface area contributed by atoms with Crippen LogP contribution < -0.4 is 10.0 Å². The first-order valence-corrected chi connectivity index (χ1v) is 13.9. The summed E-state index contributed by atoms with van der Waals surface area (Å²) in [5, 5.41) is 5.28. The Morgan fingerprint density at radius 3 is 2.57 bits per heavy atom. The third-order valence-electron chi connectivity index (χ3n) is 5.46. The number of pyridine rings is 1. The summed E-state index contributed by atoms with van der Waals surface area (Å²) in [5.74, 6) is 0.124. The molecule has 0 spiro atoms. The molecule has 0 bridgehead atoms. The van der Waals surface area contributed by atoms with Crippen molar-refractivity contribution in [3.05, 3.63) is 84.0 Å². The fourth-order valence-corrected chi connectivity index (χ4v) is 5.10. The molecule has 3 aromatic heterocycles. The normalized spacial score (nSPS) is 11.7. The molecule has 0 saturated carbocycles. The molecule has 0 saturated heterocycles. The molecule has 0 aliphatic heterocycles. The van der Waals surface area contributed by atoms with Gasteiger partial charge >= 0.3 is 5.97 Å². The topological polar surface area (TPSA) is 106 Å². The molecule has 1 atom stereocenters. The van der Waals surface area contributed by atoms with Gasteiger partial charge in [0.2, 0.25) is 5.95 Å². The smallest absolute Gasteiger partial charge is 0.338 e. The van der Waals surface area contributed by atoms with E-state index in [2.05, 4.69) is 25.4 Å². The Balaban J connectivity index is 1.35. The van der Waals surface area contributed by atoms with Crippen molar-refractivity contribution in [2.24, 2.45) is 0 Å². The van der Waals surface area contributed by atoms with Crippen LogP contribution in [-0.2, 0) is 15.7 Å². The van der Waals surface area contributed by atoms with E-state index in [1.807, 2.05) is 48.5 Å². The lowest BCUT2D eigenvalue weighted by atomic mass is 10.1. The van der Waals surface area contributed by atoms with Crippen LogP contribution in [0.15, 0.2) is 78.4 Å². The average Bonchev–Trinajstić information content (AvgIpc) is 3.33. The second kappa shape index (κ2) is 10.9. The van der Waals surface area contributed by atoms with Gasteiger partial charge in [-0.25, -0.2) is 19.0 Å². The molecular formula is C27H23N5O3S2. The second-order valence-corrected chi connectivity index (χ2v) is 10.1. The van der Waals surface area contributed by atoms with Gasteiger partial charge in [-0.15, -0.1) is 11.3 Å². The minimum Gasteiger partial charge on any atom is -0.462 e. The van der Waals surface area contributed by atoms with Gasteiger partial charge in [0.1, 0.15) is 11.0 Å². The van der Waals surface area contributed by atoms with Crippen molar-refractivity contribution in [3.8, 4) is 22.4 Å². The van der Waals surface area contributed by atoms with E-state index < -0.39 is 11.0 Å². The van der Waals surface area contributed by atoms with Gasteiger partial charge in [-0.2, -0.15) is 0 Å². The van der Waals surface area contributed by atoms with E-state index in [0.29, 0.717) is 18.1 Å². The van der Waals surface area contributed by atoms with E-state index in [1.165, 1.54) is 0 Å². The highest BCUT2D eigenvalue weighted by Crippen LogP contribution is 2.34. The van der Waals surface area contributed by atoms with Gasteiger partial charge in [0.15, 0.2) is 0 Å². The summed E-state index contributed by atoms with van der Waals surface area (Å²) in [6.45, 7) is 2.12. The Kier molecular flexibility index (Phi) is 7.20. The molecule has 10 heteroatoms. The number of nitrogens with one attached hydrogen (secondary N) is 2. The van der Waals surface area contributed by atoms with Gasteiger partial charge in [0, 0.05) is 28.5 Å². The van der Waals surface area contributed by atoms with Crippen molar-refractivity contribution in [3.63, 3.8) is 0 Å². The molecule has 186 valence electrons. The summed E-state index contributed by atoms with van der Waals surface area (Å²) in [5.41, 5.74) is 6.51.